The molecule has 0 spiro atoms. The zero-order chi connectivity index (χ0) is 10.6. The topological polar surface area (TPSA) is 29.5 Å². The van der Waals surface area contributed by atoms with Crippen LogP contribution in [-0.2, 0) is 4.74 Å². The highest BCUT2D eigenvalue weighted by molar-refractivity contribution is 4.83. The second-order valence-electron chi connectivity index (χ2n) is 4.88. The van der Waals surface area contributed by atoms with Crippen molar-refractivity contribution < 1.29 is 9.84 Å². The maximum absolute atomic E-state index is 9.69. The Morgan fingerprint density at radius 1 is 1.43 bits per heavy atom. The van der Waals surface area contributed by atoms with E-state index in [1.165, 1.54) is 19.3 Å². The van der Waals surface area contributed by atoms with Gasteiger partial charge >= 0.3 is 0 Å². The van der Waals surface area contributed by atoms with Crippen LogP contribution >= 0.6 is 0 Å². The van der Waals surface area contributed by atoms with Gasteiger partial charge in [0, 0.05) is 6.61 Å². The van der Waals surface area contributed by atoms with Crippen molar-refractivity contribution in [2.75, 3.05) is 6.61 Å². The van der Waals surface area contributed by atoms with Crippen LogP contribution in [0.5, 0.6) is 0 Å². The second kappa shape index (κ2) is 5.13. The Balaban J connectivity index is 2.46. The van der Waals surface area contributed by atoms with Crippen LogP contribution in [0.15, 0.2) is 0 Å². The molecular weight excluding hydrogens is 176 g/mol. The van der Waals surface area contributed by atoms with Crippen molar-refractivity contribution in [1.82, 2.24) is 0 Å². The molecular formula is C12H24O2. The minimum absolute atomic E-state index is 0.0894. The van der Waals surface area contributed by atoms with E-state index in [1.54, 1.807) is 0 Å². The molecule has 1 rings (SSSR count). The fourth-order valence-corrected chi connectivity index (χ4v) is 2.34. The molecule has 1 fully saturated rings. The van der Waals surface area contributed by atoms with Gasteiger partial charge in [0.15, 0.2) is 0 Å². The van der Waals surface area contributed by atoms with Crippen LogP contribution < -0.4 is 0 Å². The van der Waals surface area contributed by atoms with Gasteiger partial charge in [0.25, 0.3) is 0 Å². The molecule has 0 saturated carbocycles. The lowest BCUT2D eigenvalue weighted by molar-refractivity contribution is 0.00609. The third-order valence-electron chi connectivity index (χ3n) is 3.58. The number of rotatable bonds is 5. The van der Waals surface area contributed by atoms with Crippen LogP contribution in [0.1, 0.15) is 52.9 Å². The lowest BCUT2D eigenvalue weighted by Crippen LogP contribution is -2.29. The molecule has 0 aliphatic carbocycles. The third-order valence-corrected chi connectivity index (χ3v) is 3.58. The van der Waals surface area contributed by atoms with Crippen LogP contribution in [0.3, 0.4) is 0 Å². The van der Waals surface area contributed by atoms with Crippen LogP contribution in [0.4, 0.5) is 0 Å². The normalized spacial score (nSPS) is 31.7. The Bertz CT molecular complexity index is 170. The van der Waals surface area contributed by atoms with E-state index in [-0.39, 0.29) is 12.2 Å². The molecule has 1 heterocycles. The average Bonchev–Trinajstić information content (AvgIpc) is 2.52. The molecule has 0 aromatic carbocycles. The molecule has 14 heavy (non-hydrogen) atoms. The lowest BCUT2D eigenvalue weighted by atomic mass is 9.77. The largest absolute Gasteiger partial charge is 0.390 e. The molecule has 2 nitrogen and oxygen atoms in total. The Morgan fingerprint density at radius 3 is 2.57 bits per heavy atom. The zero-order valence-corrected chi connectivity index (χ0v) is 9.75. The minimum Gasteiger partial charge on any atom is -0.390 e. The van der Waals surface area contributed by atoms with Crippen molar-refractivity contribution in [3.63, 3.8) is 0 Å². The number of hydrogen-bond acceptors (Lipinski definition) is 2. The molecule has 0 bridgehead atoms. The number of aliphatic hydroxyl groups excluding tert-OH is 1. The predicted molar refractivity (Wildman–Crippen MR) is 58.3 cm³/mol. The van der Waals surface area contributed by atoms with Gasteiger partial charge in [-0.25, -0.2) is 0 Å². The zero-order valence-electron chi connectivity index (χ0n) is 9.75. The fraction of sp³-hybridized carbons (Fsp3) is 1.00. The summed E-state index contributed by atoms with van der Waals surface area (Å²) in [5.41, 5.74) is 0.352. The summed E-state index contributed by atoms with van der Waals surface area (Å²) in [5.74, 6) is 0. The quantitative estimate of drug-likeness (QED) is 0.739. The van der Waals surface area contributed by atoms with E-state index in [0.29, 0.717) is 5.41 Å². The van der Waals surface area contributed by atoms with Crippen LogP contribution in [0.25, 0.3) is 0 Å². The summed E-state index contributed by atoms with van der Waals surface area (Å²) in [4.78, 5) is 0. The van der Waals surface area contributed by atoms with Crippen LogP contribution in [-0.4, -0.2) is 23.9 Å². The van der Waals surface area contributed by atoms with E-state index in [9.17, 15) is 5.11 Å². The van der Waals surface area contributed by atoms with E-state index in [0.717, 1.165) is 19.4 Å². The Labute approximate surface area is 87.7 Å². The Morgan fingerprint density at radius 2 is 2.14 bits per heavy atom. The minimum atomic E-state index is -0.224. The summed E-state index contributed by atoms with van der Waals surface area (Å²) < 4.78 is 5.56. The molecule has 0 radical (unpaired) electrons. The molecule has 2 heteroatoms. The molecule has 0 amide bonds. The number of hydrogen-bond donors (Lipinski definition) is 1. The third kappa shape index (κ3) is 2.96. The highest BCUT2D eigenvalue weighted by Crippen LogP contribution is 2.35. The fourth-order valence-electron chi connectivity index (χ4n) is 2.34. The van der Waals surface area contributed by atoms with Crippen molar-refractivity contribution in [2.24, 2.45) is 5.41 Å². The van der Waals surface area contributed by atoms with Crippen molar-refractivity contribution in [3.8, 4) is 0 Å². The predicted octanol–water partition coefficient (Wildman–Crippen LogP) is 2.74. The van der Waals surface area contributed by atoms with Gasteiger partial charge in [0.1, 0.15) is 0 Å². The van der Waals surface area contributed by atoms with E-state index in [1.807, 2.05) is 0 Å². The number of aliphatic hydroxyl groups is 1. The van der Waals surface area contributed by atoms with Crippen LogP contribution in [0, 0.1) is 5.41 Å². The average molecular weight is 200 g/mol. The smallest absolute Gasteiger partial charge is 0.0840 e. The van der Waals surface area contributed by atoms with Gasteiger partial charge in [-0.05, 0) is 24.7 Å². The van der Waals surface area contributed by atoms with Gasteiger partial charge in [0.2, 0.25) is 0 Å². The van der Waals surface area contributed by atoms with Crippen molar-refractivity contribution in [3.05, 3.63) is 0 Å². The molecule has 2 unspecified atom stereocenters. The van der Waals surface area contributed by atoms with Gasteiger partial charge in [-0.1, -0.05) is 33.6 Å². The van der Waals surface area contributed by atoms with Gasteiger partial charge < -0.3 is 9.84 Å². The highest BCUT2D eigenvalue weighted by atomic mass is 16.5. The molecule has 1 N–H and O–H groups in total. The van der Waals surface area contributed by atoms with Gasteiger partial charge in [-0.2, -0.15) is 0 Å². The molecule has 0 aromatic rings. The summed E-state index contributed by atoms with van der Waals surface area (Å²) in [6.07, 6.45) is 5.32. The van der Waals surface area contributed by atoms with Crippen LogP contribution in [0.2, 0.25) is 0 Å². The highest BCUT2D eigenvalue weighted by Gasteiger charge is 2.33. The first-order valence-corrected chi connectivity index (χ1v) is 5.91. The summed E-state index contributed by atoms with van der Waals surface area (Å²) in [5, 5.41) is 9.69. The van der Waals surface area contributed by atoms with Gasteiger partial charge in [-0.15, -0.1) is 0 Å². The number of ether oxygens (including phenoxy) is 1. The molecule has 1 aliphatic rings. The Kier molecular flexibility index (Phi) is 4.39. The van der Waals surface area contributed by atoms with Crippen molar-refractivity contribution >= 4 is 0 Å². The maximum Gasteiger partial charge on any atom is 0.0840 e. The molecule has 0 aromatic heterocycles. The molecule has 3 atom stereocenters. The molecule has 84 valence electrons. The van der Waals surface area contributed by atoms with Crippen molar-refractivity contribution in [2.45, 2.75) is 65.1 Å². The van der Waals surface area contributed by atoms with E-state index >= 15 is 0 Å². The first kappa shape index (κ1) is 12.0. The molecule has 1 aliphatic heterocycles. The second-order valence-corrected chi connectivity index (χ2v) is 4.88. The Hall–Kier alpha value is -0.0800. The summed E-state index contributed by atoms with van der Waals surface area (Å²) >= 11 is 0. The summed E-state index contributed by atoms with van der Waals surface area (Å²) in [7, 11) is 0. The van der Waals surface area contributed by atoms with E-state index < -0.39 is 0 Å². The monoisotopic (exact) mass is 200 g/mol. The standard InChI is InChI=1S/C12H24O2/c1-4-7-12(3,5-2)9-11-10(13)6-8-14-11/h10-11,13H,4-9H2,1-3H3/t10-,11?,12?/m1/s1. The van der Waals surface area contributed by atoms with E-state index in [4.69, 9.17) is 4.74 Å². The van der Waals surface area contributed by atoms with E-state index in [2.05, 4.69) is 20.8 Å². The van der Waals surface area contributed by atoms with Gasteiger partial charge in [-0.3, -0.25) is 0 Å². The summed E-state index contributed by atoms with van der Waals surface area (Å²) in [6, 6.07) is 0. The van der Waals surface area contributed by atoms with Gasteiger partial charge in [0.05, 0.1) is 12.2 Å². The first-order valence-electron chi connectivity index (χ1n) is 5.91. The SMILES string of the molecule is CCCC(C)(CC)CC1OCC[C@H]1O. The molecule has 1 saturated heterocycles. The maximum atomic E-state index is 9.69. The lowest BCUT2D eigenvalue weighted by Gasteiger charge is -2.31. The van der Waals surface area contributed by atoms with Crippen molar-refractivity contribution in [1.29, 1.82) is 0 Å². The summed E-state index contributed by atoms with van der Waals surface area (Å²) in [6.45, 7) is 7.50. The first-order chi connectivity index (χ1) is 6.61.